The van der Waals surface area contributed by atoms with E-state index in [1.54, 1.807) is 0 Å². The highest BCUT2D eigenvalue weighted by Gasteiger charge is 2.38. The van der Waals surface area contributed by atoms with E-state index in [0.717, 1.165) is 26.2 Å². The first-order valence-electron chi connectivity index (χ1n) is 6.35. The van der Waals surface area contributed by atoms with Crippen molar-refractivity contribution < 1.29 is 4.79 Å². The molecule has 2 atom stereocenters. The molecule has 0 spiro atoms. The lowest BCUT2D eigenvalue weighted by Crippen LogP contribution is -2.45. The summed E-state index contributed by atoms with van der Waals surface area (Å²) in [6, 6.07) is 10.9. The zero-order valence-electron chi connectivity index (χ0n) is 9.93. The van der Waals surface area contributed by atoms with E-state index in [2.05, 4.69) is 34.5 Å². The highest BCUT2D eigenvalue weighted by atomic mass is 16.1. The van der Waals surface area contributed by atoms with Crippen LogP contribution >= 0.6 is 0 Å². The van der Waals surface area contributed by atoms with Gasteiger partial charge in [0.1, 0.15) is 5.78 Å². The minimum Gasteiger partial charge on any atom is -0.311 e. The zero-order chi connectivity index (χ0) is 11.7. The van der Waals surface area contributed by atoms with Gasteiger partial charge in [-0.3, -0.25) is 9.69 Å². The molecule has 1 aromatic carbocycles. The van der Waals surface area contributed by atoms with Crippen LogP contribution in [0.5, 0.6) is 0 Å². The maximum absolute atomic E-state index is 11.8. The van der Waals surface area contributed by atoms with Gasteiger partial charge < -0.3 is 5.32 Å². The molecule has 2 fully saturated rings. The average molecular weight is 230 g/mol. The van der Waals surface area contributed by atoms with Crippen LogP contribution in [-0.2, 0) is 11.3 Å². The van der Waals surface area contributed by atoms with Crippen molar-refractivity contribution >= 4 is 5.78 Å². The van der Waals surface area contributed by atoms with E-state index in [0.29, 0.717) is 18.2 Å². The van der Waals surface area contributed by atoms with Crippen LogP contribution in [0.1, 0.15) is 12.0 Å². The van der Waals surface area contributed by atoms with Crippen molar-refractivity contribution in [3.8, 4) is 0 Å². The Morgan fingerprint density at radius 2 is 2.06 bits per heavy atom. The first-order chi connectivity index (χ1) is 8.33. The number of carbonyl (C=O) groups excluding carboxylic acids is 1. The number of hydrogen-bond acceptors (Lipinski definition) is 3. The summed E-state index contributed by atoms with van der Waals surface area (Å²) in [7, 11) is 0. The van der Waals surface area contributed by atoms with E-state index in [-0.39, 0.29) is 5.92 Å². The highest BCUT2D eigenvalue weighted by molar-refractivity contribution is 5.83. The van der Waals surface area contributed by atoms with Crippen molar-refractivity contribution in [2.45, 2.75) is 19.0 Å². The third-order valence-corrected chi connectivity index (χ3v) is 3.84. The maximum Gasteiger partial charge on any atom is 0.140 e. The van der Waals surface area contributed by atoms with Gasteiger partial charge >= 0.3 is 0 Å². The molecule has 3 heteroatoms. The molecular formula is C14H18N2O. The number of piperidine rings is 1. The molecular weight excluding hydrogens is 212 g/mol. The molecule has 90 valence electrons. The second kappa shape index (κ2) is 4.59. The van der Waals surface area contributed by atoms with E-state index in [1.807, 2.05) is 6.07 Å². The predicted molar refractivity (Wildman–Crippen MR) is 66.6 cm³/mol. The van der Waals surface area contributed by atoms with Crippen molar-refractivity contribution in [3.05, 3.63) is 35.9 Å². The Bertz CT molecular complexity index is 404. The molecule has 2 aliphatic rings. The molecule has 0 aliphatic carbocycles. The Morgan fingerprint density at radius 3 is 2.82 bits per heavy atom. The first kappa shape index (κ1) is 10.9. The van der Waals surface area contributed by atoms with Crippen LogP contribution in [-0.4, -0.2) is 36.4 Å². The molecule has 2 heterocycles. The fraction of sp³-hybridized carbons (Fsp3) is 0.500. The Hall–Kier alpha value is -1.19. The molecule has 2 unspecified atom stereocenters. The smallest absolute Gasteiger partial charge is 0.140 e. The molecule has 3 rings (SSSR count). The molecule has 0 aromatic heterocycles. The van der Waals surface area contributed by atoms with Gasteiger partial charge in [0.05, 0.1) is 0 Å². The Balaban J connectivity index is 1.66. The first-order valence-corrected chi connectivity index (χ1v) is 6.35. The number of benzene rings is 1. The van der Waals surface area contributed by atoms with Crippen molar-refractivity contribution in [1.82, 2.24) is 10.2 Å². The van der Waals surface area contributed by atoms with Crippen LogP contribution in [0.2, 0.25) is 0 Å². The van der Waals surface area contributed by atoms with Gasteiger partial charge in [-0.25, -0.2) is 0 Å². The van der Waals surface area contributed by atoms with E-state index in [4.69, 9.17) is 0 Å². The second-order valence-corrected chi connectivity index (χ2v) is 5.06. The predicted octanol–water partition coefficient (Wildman–Crippen LogP) is 1.05. The van der Waals surface area contributed by atoms with Crippen molar-refractivity contribution in [2.75, 3.05) is 19.6 Å². The van der Waals surface area contributed by atoms with Crippen LogP contribution in [0.25, 0.3) is 0 Å². The van der Waals surface area contributed by atoms with Gasteiger partial charge in [-0.15, -0.1) is 0 Å². The maximum atomic E-state index is 11.8. The fourth-order valence-electron chi connectivity index (χ4n) is 2.96. The summed E-state index contributed by atoms with van der Waals surface area (Å²) in [4.78, 5) is 14.2. The lowest BCUT2D eigenvalue weighted by Gasteiger charge is -2.23. The summed E-state index contributed by atoms with van der Waals surface area (Å²) >= 11 is 0. The number of Topliss-reactive ketones (excluding diaryl/α,β-unsaturated/α-hetero) is 1. The average Bonchev–Trinajstić information content (AvgIpc) is 2.74. The third-order valence-electron chi connectivity index (χ3n) is 3.84. The van der Waals surface area contributed by atoms with Crippen LogP contribution in [0, 0.1) is 5.92 Å². The van der Waals surface area contributed by atoms with E-state index in [1.165, 1.54) is 5.56 Å². The Morgan fingerprint density at radius 1 is 1.24 bits per heavy atom. The van der Waals surface area contributed by atoms with Crippen LogP contribution in [0.4, 0.5) is 0 Å². The lowest BCUT2D eigenvalue weighted by atomic mass is 9.93. The number of carbonyl (C=O) groups is 1. The van der Waals surface area contributed by atoms with E-state index in [9.17, 15) is 4.79 Å². The SMILES string of the molecule is O=C1CCNC2CN(Cc3ccccc3)CC12. The zero-order valence-corrected chi connectivity index (χ0v) is 9.93. The molecule has 3 nitrogen and oxygen atoms in total. The van der Waals surface area contributed by atoms with Gasteiger partial charge in [-0.2, -0.15) is 0 Å². The van der Waals surface area contributed by atoms with Crippen molar-refractivity contribution in [1.29, 1.82) is 0 Å². The molecule has 2 saturated heterocycles. The molecule has 0 saturated carbocycles. The highest BCUT2D eigenvalue weighted by Crippen LogP contribution is 2.23. The van der Waals surface area contributed by atoms with Gasteiger partial charge in [0.2, 0.25) is 0 Å². The summed E-state index contributed by atoms with van der Waals surface area (Å²) in [5, 5.41) is 3.46. The van der Waals surface area contributed by atoms with Crippen LogP contribution < -0.4 is 5.32 Å². The molecule has 2 aliphatic heterocycles. The van der Waals surface area contributed by atoms with Gasteiger partial charge in [0.25, 0.3) is 0 Å². The molecule has 1 N–H and O–H groups in total. The van der Waals surface area contributed by atoms with Crippen molar-refractivity contribution in [3.63, 3.8) is 0 Å². The molecule has 17 heavy (non-hydrogen) atoms. The second-order valence-electron chi connectivity index (χ2n) is 5.06. The number of hydrogen-bond donors (Lipinski definition) is 1. The summed E-state index contributed by atoms with van der Waals surface area (Å²) in [5.41, 5.74) is 1.33. The number of ketones is 1. The topological polar surface area (TPSA) is 32.3 Å². The molecule has 1 aromatic rings. The summed E-state index contributed by atoms with van der Waals surface area (Å²) in [5.74, 6) is 0.678. The summed E-state index contributed by atoms with van der Waals surface area (Å²) in [6.07, 6.45) is 0.709. The Kier molecular flexibility index (Phi) is 2.95. The summed E-state index contributed by atoms with van der Waals surface area (Å²) in [6.45, 7) is 3.75. The largest absolute Gasteiger partial charge is 0.311 e. The number of likely N-dealkylation sites (tertiary alicyclic amines) is 1. The van der Waals surface area contributed by atoms with Gasteiger partial charge in [0.15, 0.2) is 0 Å². The van der Waals surface area contributed by atoms with Gasteiger partial charge in [-0.1, -0.05) is 30.3 Å². The Labute approximate surface area is 102 Å². The number of nitrogens with one attached hydrogen (secondary N) is 1. The monoisotopic (exact) mass is 230 g/mol. The third kappa shape index (κ3) is 2.26. The quantitative estimate of drug-likeness (QED) is 0.824. The number of rotatable bonds is 2. The minimum atomic E-state index is 0.229. The van der Waals surface area contributed by atoms with Gasteiger partial charge in [0, 0.05) is 44.6 Å². The number of fused-ring (bicyclic) bond motifs is 1. The molecule has 0 radical (unpaired) electrons. The van der Waals surface area contributed by atoms with Gasteiger partial charge in [-0.05, 0) is 5.56 Å². The molecule has 0 bridgehead atoms. The summed E-state index contributed by atoms with van der Waals surface area (Å²) < 4.78 is 0. The lowest BCUT2D eigenvalue weighted by molar-refractivity contribution is -0.124. The minimum absolute atomic E-state index is 0.229. The van der Waals surface area contributed by atoms with E-state index >= 15 is 0 Å². The van der Waals surface area contributed by atoms with Crippen LogP contribution in [0.3, 0.4) is 0 Å². The fourth-order valence-corrected chi connectivity index (χ4v) is 2.96. The van der Waals surface area contributed by atoms with E-state index < -0.39 is 0 Å². The number of nitrogens with zero attached hydrogens (tertiary/aromatic N) is 1. The van der Waals surface area contributed by atoms with Crippen LogP contribution in [0.15, 0.2) is 30.3 Å². The van der Waals surface area contributed by atoms with Crippen molar-refractivity contribution in [2.24, 2.45) is 5.92 Å². The molecule has 0 amide bonds. The normalized spacial score (nSPS) is 29.3. The standard InChI is InChI=1S/C14H18N2O/c17-14-6-7-15-13-10-16(9-12(13)14)8-11-4-2-1-3-5-11/h1-5,12-13,15H,6-10H2.